The van der Waals surface area contributed by atoms with Crippen LogP contribution in [-0.2, 0) is 14.6 Å². The highest BCUT2D eigenvalue weighted by atomic mass is 32.2. The van der Waals surface area contributed by atoms with Gasteiger partial charge in [-0.2, -0.15) is 5.10 Å². The van der Waals surface area contributed by atoms with E-state index in [0.717, 1.165) is 6.20 Å². The molecular weight excluding hydrogens is 244 g/mol. The largest absolute Gasteiger partial charge is 0.383 e. The van der Waals surface area contributed by atoms with Gasteiger partial charge in [0, 0.05) is 13.1 Å². The van der Waals surface area contributed by atoms with E-state index in [9.17, 15) is 13.2 Å². The molecule has 3 N–H and O–H groups in total. The summed E-state index contributed by atoms with van der Waals surface area (Å²) in [6, 6.07) is 0. The molecule has 96 valence electrons. The van der Waals surface area contributed by atoms with Gasteiger partial charge in [0.15, 0.2) is 9.84 Å². The van der Waals surface area contributed by atoms with Crippen molar-refractivity contribution in [3.8, 4) is 0 Å². The van der Waals surface area contributed by atoms with E-state index in [1.807, 2.05) is 0 Å². The fourth-order valence-corrected chi connectivity index (χ4v) is 2.70. The Kier molecular flexibility index (Phi) is 4.11. The van der Waals surface area contributed by atoms with Gasteiger partial charge < -0.3 is 10.6 Å². The van der Waals surface area contributed by atoms with Crippen molar-refractivity contribution in [2.75, 3.05) is 24.6 Å². The maximum Gasteiger partial charge on any atom is 0.238 e. The highest BCUT2D eigenvalue weighted by Gasteiger charge is 2.25. The van der Waals surface area contributed by atoms with Gasteiger partial charge in [0.2, 0.25) is 5.91 Å². The van der Waals surface area contributed by atoms with Gasteiger partial charge in [-0.25, -0.2) is 8.42 Å². The number of rotatable bonds is 5. The molecule has 0 bridgehead atoms. The smallest absolute Gasteiger partial charge is 0.238 e. The van der Waals surface area contributed by atoms with Crippen molar-refractivity contribution in [2.45, 2.75) is 18.7 Å². The summed E-state index contributed by atoms with van der Waals surface area (Å²) in [7, 11) is -3.72. The number of nitrogens with two attached hydrogens (primary N) is 1. The third-order valence-electron chi connectivity index (χ3n) is 2.40. The summed E-state index contributed by atoms with van der Waals surface area (Å²) < 4.78 is 23.7. The Hall–Kier alpha value is -1.57. The van der Waals surface area contributed by atoms with Gasteiger partial charge in [0.05, 0.1) is 6.20 Å². The van der Waals surface area contributed by atoms with E-state index in [2.05, 4.69) is 10.2 Å². The second-order valence-electron chi connectivity index (χ2n) is 3.47. The summed E-state index contributed by atoms with van der Waals surface area (Å²) in [5, 5.41) is 5.86. The molecular formula is C9H16N4O3S. The van der Waals surface area contributed by atoms with Crippen LogP contribution in [0.2, 0.25) is 0 Å². The summed E-state index contributed by atoms with van der Waals surface area (Å²) in [4.78, 5) is 13.0. The molecule has 1 heterocycles. The first-order chi connectivity index (χ1) is 7.92. The van der Waals surface area contributed by atoms with Crippen molar-refractivity contribution in [1.82, 2.24) is 15.1 Å². The fraction of sp³-hybridized carbons (Fsp3) is 0.556. The monoisotopic (exact) mass is 260 g/mol. The number of hydrogen-bond donors (Lipinski definition) is 2. The number of hydrogen-bond acceptors (Lipinski definition) is 5. The maximum absolute atomic E-state index is 11.9. The molecule has 1 aromatic rings. The molecule has 0 fully saturated rings. The Bertz CT molecular complexity index is 490. The van der Waals surface area contributed by atoms with Crippen LogP contribution in [0.3, 0.4) is 0 Å². The summed E-state index contributed by atoms with van der Waals surface area (Å²) in [6.45, 7) is 4.54. The van der Waals surface area contributed by atoms with Gasteiger partial charge in [-0.1, -0.05) is 0 Å². The predicted octanol–water partition coefficient (Wildman–Crippen LogP) is -0.366. The number of nitrogens with one attached hydrogen (secondary N) is 1. The van der Waals surface area contributed by atoms with Crippen molar-refractivity contribution < 1.29 is 13.2 Å². The minimum Gasteiger partial charge on any atom is -0.383 e. The molecule has 0 saturated heterocycles. The molecule has 0 aromatic carbocycles. The third-order valence-corrected chi connectivity index (χ3v) is 4.02. The lowest BCUT2D eigenvalue weighted by atomic mass is 10.5. The van der Waals surface area contributed by atoms with Gasteiger partial charge in [-0.3, -0.25) is 9.89 Å². The third kappa shape index (κ3) is 2.96. The number of nitrogens with zero attached hydrogens (tertiary/aromatic N) is 2. The number of aromatic amines is 1. The fourth-order valence-electron chi connectivity index (χ4n) is 1.44. The van der Waals surface area contributed by atoms with Gasteiger partial charge in [0.1, 0.15) is 16.5 Å². The van der Waals surface area contributed by atoms with Crippen molar-refractivity contribution in [2.24, 2.45) is 0 Å². The Labute approximate surface area is 99.9 Å². The lowest BCUT2D eigenvalue weighted by Gasteiger charge is -2.18. The van der Waals surface area contributed by atoms with Gasteiger partial charge in [0.25, 0.3) is 0 Å². The molecule has 1 aromatic heterocycles. The molecule has 7 nitrogen and oxygen atoms in total. The van der Waals surface area contributed by atoms with E-state index < -0.39 is 21.5 Å². The quantitative estimate of drug-likeness (QED) is 0.751. The number of nitrogen functional groups attached to an aromatic ring is 1. The maximum atomic E-state index is 11.9. The first-order valence-corrected chi connectivity index (χ1v) is 6.87. The van der Waals surface area contributed by atoms with E-state index in [4.69, 9.17) is 5.73 Å². The topological polar surface area (TPSA) is 109 Å². The van der Waals surface area contributed by atoms with E-state index in [1.165, 1.54) is 4.90 Å². The molecule has 0 spiro atoms. The summed E-state index contributed by atoms with van der Waals surface area (Å²) in [5.74, 6) is -1.06. The van der Waals surface area contributed by atoms with Gasteiger partial charge in [-0.05, 0) is 13.8 Å². The number of carbonyl (C=O) groups is 1. The predicted molar refractivity (Wildman–Crippen MR) is 63.0 cm³/mol. The SMILES string of the molecule is CCN(CC)C(=O)CS(=O)(=O)c1cn[nH]c1N. The van der Waals surface area contributed by atoms with Crippen LogP contribution in [0.4, 0.5) is 5.82 Å². The number of H-pyrrole nitrogens is 1. The molecule has 17 heavy (non-hydrogen) atoms. The minimum atomic E-state index is -3.72. The normalized spacial score (nSPS) is 11.4. The van der Waals surface area contributed by atoms with E-state index in [0.29, 0.717) is 13.1 Å². The molecule has 1 rings (SSSR count). The highest BCUT2D eigenvalue weighted by Crippen LogP contribution is 2.16. The zero-order valence-corrected chi connectivity index (χ0v) is 10.6. The van der Waals surface area contributed by atoms with E-state index in [-0.39, 0.29) is 10.7 Å². The van der Waals surface area contributed by atoms with E-state index in [1.54, 1.807) is 13.8 Å². The Morgan fingerprint density at radius 3 is 2.47 bits per heavy atom. The van der Waals surface area contributed by atoms with Crippen molar-refractivity contribution in [3.63, 3.8) is 0 Å². The number of amides is 1. The zero-order valence-electron chi connectivity index (χ0n) is 9.80. The standard InChI is InChI=1S/C9H16N4O3S/c1-3-13(4-2)8(14)6-17(15,16)7-5-11-12-9(7)10/h5H,3-4,6H2,1-2H3,(H3,10,11,12). The van der Waals surface area contributed by atoms with E-state index >= 15 is 0 Å². The second-order valence-corrected chi connectivity index (χ2v) is 5.43. The molecule has 0 saturated carbocycles. The van der Waals surface area contributed by atoms with Gasteiger partial charge >= 0.3 is 0 Å². The summed E-state index contributed by atoms with van der Waals surface area (Å²) in [5.41, 5.74) is 5.42. The van der Waals surface area contributed by atoms with Crippen LogP contribution in [0.5, 0.6) is 0 Å². The molecule has 0 aliphatic rings. The van der Waals surface area contributed by atoms with Crippen LogP contribution in [0, 0.1) is 0 Å². The summed E-state index contributed by atoms with van der Waals surface area (Å²) in [6.07, 6.45) is 1.11. The molecule has 0 atom stereocenters. The average molecular weight is 260 g/mol. The lowest BCUT2D eigenvalue weighted by Crippen LogP contribution is -2.35. The molecule has 0 aliphatic carbocycles. The van der Waals surface area contributed by atoms with Crippen LogP contribution in [-0.4, -0.2) is 48.3 Å². The minimum absolute atomic E-state index is 0.0441. The van der Waals surface area contributed by atoms with Crippen LogP contribution >= 0.6 is 0 Å². The Balaban J connectivity index is 2.88. The van der Waals surface area contributed by atoms with Crippen LogP contribution in [0.1, 0.15) is 13.8 Å². The zero-order chi connectivity index (χ0) is 13.1. The molecule has 0 unspecified atom stereocenters. The number of carbonyl (C=O) groups excluding carboxylic acids is 1. The summed E-state index contributed by atoms with van der Waals surface area (Å²) >= 11 is 0. The van der Waals surface area contributed by atoms with Crippen molar-refractivity contribution in [1.29, 1.82) is 0 Å². The first kappa shape index (κ1) is 13.5. The van der Waals surface area contributed by atoms with Crippen molar-refractivity contribution >= 4 is 21.6 Å². The van der Waals surface area contributed by atoms with Gasteiger partial charge in [-0.15, -0.1) is 0 Å². The number of sulfone groups is 1. The Morgan fingerprint density at radius 2 is 2.06 bits per heavy atom. The lowest BCUT2D eigenvalue weighted by molar-refractivity contribution is -0.128. The second kappa shape index (κ2) is 5.17. The van der Waals surface area contributed by atoms with Crippen molar-refractivity contribution in [3.05, 3.63) is 6.20 Å². The van der Waals surface area contributed by atoms with Crippen LogP contribution in [0.25, 0.3) is 0 Å². The molecule has 0 aliphatic heterocycles. The first-order valence-electron chi connectivity index (χ1n) is 5.21. The average Bonchev–Trinajstić information content (AvgIpc) is 2.66. The number of anilines is 1. The van der Waals surface area contributed by atoms with Crippen LogP contribution < -0.4 is 5.73 Å². The Morgan fingerprint density at radius 1 is 1.47 bits per heavy atom. The highest BCUT2D eigenvalue weighted by molar-refractivity contribution is 7.92. The van der Waals surface area contributed by atoms with Crippen LogP contribution in [0.15, 0.2) is 11.1 Å². The number of aromatic nitrogens is 2. The molecule has 0 radical (unpaired) electrons. The molecule has 8 heteroatoms. The molecule has 1 amide bonds.